The molecule has 0 radical (unpaired) electrons. The molecule has 6 nitrogen and oxygen atoms in total. The maximum Gasteiger partial charge on any atom is 0.252 e. The number of fused-ring (bicyclic) bond motifs is 1. The van der Waals surface area contributed by atoms with Crippen LogP contribution in [0.3, 0.4) is 0 Å². The molecule has 7 heteroatoms. The minimum Gasteiger partial charge on any atom is -0.497 e. The number of benzene rings is 2. The number of para-hydroxylation sites is 1. The van der Waals surface area contributed by atoms with Gasteiger partial charge in [-0.2, -0.15) is 4.31 Å². The highest BCUT2D eigenvalue weighted by Crippen LogP contribution is 2.22. The Bertz CT molecular complexity index is 1150. The standard InChI is InChI=1S/C22H26N2O4S/c1-4-5-13-24(29(26,27)20-11-9-19(28-3)10-12-20)15-18-14-17-8-6-7-16(2)21(17)23-22(18)25/h6-12,14H,4-5,13,15H2,1-3H3,(H,23,25). The Morgan fingerprint density at radius 1 is 1.10 bits per heavy atom. The van der Waals surface area contributed by atoms with Crippen LogP contribution in [0, 0.1) is 6.92 Å². The number of unbranched alkanes of at least 4 members (excludes halogenated alkanes) is 1. The summed E-state index contributed by atoms with van der Waals surface area (Å²) in [6, 6.07) is 13.8. The molecule has 0 saturated carbocycles. The number of ether oxygens (including phenoxy) is 1. The fraction of sp³-hybridized carbons (Fsp3) is 0.318. The molecule has 154 valence electrons. The van der Waals surface area contributed by atoms with Crippen molar-refractivity contribution in [3.63, 3.8) is 0 Å². The summed E-state index contributed by atoms with van der Waals surface area (Å²) in [5.41, 5.74) is 1.91. The van der Waals surface area contributed by atoms with Crippen molar-refractivity contribution >= 4 is 20.9 Å². The molecule has 0 bridgehead atoms. The number of sulfonamides is 1. The highest BCUT2D eigenvalue weighted by Gasteiger charge is 2.25. The highest BCUT2D eigenvalue weighted by molar-refractivity contribution is 7.89. The smallest absolute Gasteiger partial charge is 0.252 e. The van der Waals surface area contributed by atoms with Gasteiger partial charge in [0.15, 0.2) is 0 Å². The van der Waals surface area contributed by atoms with Crippen LogP contribution in [0.2, 0.25) is 0 Å². The van der Waals surface area contributed by atoms with E-state index in [0.717, 1.165) is 22.9 Å². The highest BCUT2D eigenvalue weighted by atomic mass is 32.2. The second-order valence-corrected chi connectivity index (χ2v) is 8.97. The zero-order chi connectivity index (χ0) is 21.0. The second-order valence-electron chi connectivity index (χ2n) is 7.03. The number of H-pyrrole nitrogens is 1. The third-order valence-corrected chi connectivity index (χ3v) is 6.83. The number of nitrogens with one attached hydrogen (secondary N) is 1. The van der Waals surface area contributed by atoms with Crippen LogP contribution < -0.4 is 10.3 Å². The molecule has 0 aliphatic heterocycles. The largest absolute Gasteiger partial charge is 0.497 e. The number of aromatic nitrogens is 1. The SMILES string of the molecule is CCCCN(Cc1cc2cccc(C)c2[nH]c1=O)S(=O)(=O)c1ccc(OC)cc1. The van der Waals surface area contributed by atoms with Crippen LogP contribution in [-0.2, 0) is 16.6 Å². The molecule has 2 aromatic carbocycles. The molecule has 0 aliphatic rings. The molecule has 0 spiro atoms. The van der Waals surface area contributed by atoms with Gasteiger partial charge in [0.25, 0.3) is 5.56 Å². The first-order valence-corrected chi connectivity index (χ1v) is 11.1. The van der Waals surface area contributed by atoms with Crippen LogP contribution in [0.4, 0.5) is 0 Å². The van der Waals surface area contributed by atoms with Gasteiger partial charge in [-0.1, -0.05) is 31.5 Å². The average Bonchev–Trinajstić information content (AvgIpc) is 2.72. The summed E-state index contributed by atoms with van der Waals surface area (Å²) < 4.78 is 33.0. The van der Waals surface area contributed by atoms with Gasteiger partial charge < -0.3 is 9.72 Å². The molecular weight excluding hydrogens is 388 g/mol. The predicted octanol–water partition coefficient (Wildman–Crippen LogP) is 3.84. The van der Waals surface area contributed by atoms with Crippen molar-refractivity contribution in [3.8, 4) is 5.75 Å². The lowest BCUT2D eigenvalue weighted by Gasteiger charge is -2.22. The summed E-state index contributed by atoms with van der Waals surface area (Å²) in [5.74, 6) is 0.588. The average molecular weight is 415 g/mol. The number of nitrogens with zero attached hydrogens (tertiary/aromatic N) is 1. The first kappa shape index (κ1) is 21.1. The van der Waals surface area contributed by atoms with E-state index in [0.29, 0.717) is 24.3 Å². The van der Waals surface area contributed by atoms with E-state index >= 15 is 0 Å². The lowest BCUT2D eigenvalue weighted by Crippen LogP contribution is -2.33. The topological polar surface area (TPSA) is 79.5 Å². The lowest BCUT2D eigenvalue weighted by atomic mass is 10.1. The van der Waals surface area contributed by atoms with Gasteiger partial charge in [0.1, 0.15) is 5.75 Å². The first-order chi connectivity index (χ1) is 13.9. The maximum atomic E-state index is 13.2. The van der Waals surface area contributed by atoms with Crippen molar-refractivity contribution in [1.82, 2.24) is 9.29 Å². The third-order valence-electron chi connectivity index (χ3n) is 4.97. The number of hydrogen-bond donors (Lipinski definition) is 1. The molecule has 0 saturated heterocycles. The van der Waals surface area contributed by atoms with Gasteiger partial charge in [-0.05, 0) is 54.6 Å². The molecule has 1 aromatic heterocycles. The molecule has 0 aliphatic carbocycles. The van der Waals surface area contributed by atoms with E-state index in [-0.39, 0.29) is 17.0 Å². The third kappa shape index (κ3) is 4.52. The summed E-state index contributed by atoms with van der Waals surface area (Å²) in [5, 5.41) is 0.886. The van der Waals surface area contributed by atoms with Crippen molar-refractivity contribution in [2.75, 3.05) is 13.7 Å². The van der Waals surface area contributed by atoms with Crippen molar-refractivity contribution in [2.45, 2.75) is 38.1 Å². The Morgan fingerprint density at radius 3 is 2.48 bits per heavy atom. The normalized spacial score (nSPS) is 11.9. The van der Waals surface area contributed by atoms with Gasteiger partial charge in [-0.15, -0.1) is 0 Å². The minimum absolute atomic E-state index is 0.0214. The van der Waals surface area contributed by atoms with Crippen molar-refractivity contribution in [2.24, 2.45) is 0 Å². The van der Waals surface area contributed by atoms with E-state index in [2.05, 4.69) is 4.98 Å². The van der Waals surface area contributed by atoms with Crippen LogP contribution in [0.15, 0.2) is 58.2 Å². The quantitative estimate of drug-likeness (QED) is 0.607. The van der Waals surface area contributed by atoms with Crippen LogP contribution in [-0.4, -0.2) is 31.4 Å². The second kappa shape index (κ2) is 8.80. The molecule has 0 unspecified atom stereocenters. The molecule has 0 fully saturated rings. The molecule has 1 N–H and O–H groups in total. The fourth-order valence-electron chi connectivity index (χ4n) is 3.25. The van der Waals surface area contributed by atoms with Gasteiger partial charge in [0.05, 0.1) is 17.5 Å². The predicted molar refractivity (Wildman–Crippen MR) is 115 cm³/mol. The number of pyridine rings is 1. The fourth-order valence-corrected chi connectivity index (χ4v) is 4.71. The van der Waals surface area contributed by atoms with Gasteiger partial charge in [0, 0.05) is 18.7 Å². The van der Waals surface area contributed by atoms with E-state index in [4.69, 9.17) is 4.74 Å². The summed E-state index contributed by atoms with van der Waals surface area (Å²) in [4.78, 5) is 15.7. The van der Waals surface area contributed by atoms with Gasteiger partial charge in [0.2, 0.25) is 10.0 Å². The minimum atomic E-state index is -3.75. The van der Waals surface area contributed by atoms with E-state index < -0.39 is 10.0 Å². The van der Waals surface area contributed by atoms with Crippen LogP contribution in [0.1, 0.15) is 30.9 Å². The van der Waals surface area contributed by atoms with Gasteiger partial charge >= 0.3 is 0 Å². The molecular formula is C22H26N2O4S. The molecule has 1 heterocycles. The Labute approximate surface area is 171 Å². The number of hydrogen-bond acceptors (Lipinski definition) is 4. The van der Waals surface area contributed by atoms with Gasteiger partial charge in [-0.3, -0.25) is 4.79 Å². The summed E-state index contributed by atoms with van der Waals surface area (Å²) in [6.45, 7) is 4.30. The Morgan fingerprint density at radius 2 is 1.83 bits per heavy atom. The monoisotopic (exact) mass is 414 g/mol. The molecule has 29 heavy (non-hydrogen) atoms. The Kier molecular flexibility index (Phi) is 6.39. The zero-order valence-corrected chi connectivity index (χ0v) is 17.8. The molecule has 0 atom stereocenters. The maximum absolute atomic E-state index is 13.2. The van der Waals surface area contributed by atoms with Gasteiger partial charge in [-0.25, -0.2) is 8.42 Å². The van der Waals surface area contributed by atoms with Crippen molar-refractivity contribution < 1.29 is 13.2 Å². The Hall–Kier alpha value is -2.64. The number of aryl methyl sites for hydroxylation is 1. The first-order valence-electron chi connectivity index (χ1n) is 9.62. The number of methoxy groups -OCH3 is 1. The van der Waals surface area contributed by atoms with Crippen molar-refractivity contribution in [1.29, 1.82) is 0 Å². The van der Waals surface area contributed by atoms with Crippen molar-refractivity contribution in [3.05, 3.63) is 70.0 Å². The molecule has 3 rings (SSSR count). The van der Waals surface area contributed by atoms with E-state index in [1.807, 2.05) is 32.0 Å². The summed E-state index contributed by atoms with van der Waals surface area (Å²) >= 11 is 0. The number of aromatic amines is 1. The Balaban J connectivity index is 1.99. The van der Waals surface area contributed by atoms with Crippen LogP contribution >= 0.6 is 0 Å². The zero-order valence-electron chi connectivity index (χ0n) is 16.9. The lowest BCUT2D eigenvalue weighted by molar-refractivity contribution is 0.396. The van der Waals surface area contributed by atoms with Crippen LogP contribution in [0.25, 0.3) is 10.9 Å². The molecule has 0 amide bonds. The van der Waals surface area contributed by atoms with E-state index in [1.54, 1.807) is 18.2 Å². The number of rotatable bonds is 8. The summed E-state index contributed by atoms with van der Waals surface area (Å²) in [7, 11) is -2.22. The molecule has 3 aromatic rings. The van der Waals surface area contributed by atoms with Crippen LogP contribution in [0.5, 0.6) is 5.75 Å². The summed E-state index contributed by atoms with van der Waals surface area (Å²) in [6.07, 6.45) is 1.56. The van der Waals surface area contributed by atoms with E-state index in [9.17, 15) is 13.2 Å². The van der Waals surface area contributed by atoms with E-state index in [1.165, 1.54) is 23.5 Å².